The summed E-state index contributed by atoms with van der Waals surface area (Å²) in [6.07, 6.45) is 3.81. The van der Waals surface area contributed by atoms with E-state index in [0.29, 0.717) is 6.04 Å². The summed E-state index contributed by atoms with van der Waals surface area (Å²) in [6, 6.07) is 0.684. The Morgan fingerprint density at radius 1 is 1.14 bits per heavy atom. The zero-order valence-corrected chi connectivity index (χ0v) is 9.92. The van der Waals surface area contributed by atoms with Crippen LogP contribution < -0.4 is 5.43 Å². The van der Waals surface area contributed by atoms with Crippen LogP contribution in [0.15, 0.2) is 0 Å². The van der Waals surface area contributed by atoms with Crippen LogP contribution in [0.1, 0.15) is 33.1 Å². The van der Waals surface area contributed by atoms with Gasteiger partial charge in [0.1, 0.15) is 0 Å². The first-order chi connectivity index (χ1) is 6.76. The molecule has 1 rings (SSSR count). The van der Waals surface area contributed by atoms with Crippen molar-refractivity contribution in [1.82, 2.24) is 15.3 Å². The van der Waals surface area contributed by atoms with Gasteiger partial charge in [0.15, 0.2) is 0 Å². The molecule has 3 nitrogen and oxygen atoms in total. The molecule has 0 spiro atoms. The van der Waals surface area contributed by atoms with Crippen molar-refractivity contribution in [2.45, 2.75) is 39.2 Å². The molecule has 0 aromatic rings. The highest BCUT2D eigenvalue weighted by atomic mass is 15.5. The van der Waals surface area contributed by atoms with Crippen molar-refractivity contribution in [2.75, 3.05) is 33.2 Å². The molecule has 1 unspecified atom stereocenters. The summed E-state index contributed by atoms with van der Waals surface area (Å²) in [5.41, 5.74) is 3.63. The van der Waals surface area contributed by atoms with Gasteiger partial charge in [0, 0.05) is 32.2 Å². The molecule has 0 saturated carbocycles. The van der Waals surface area contributed by atoms with Crippen LogP contribution in [0.4, 0.5) is 0 Å². The number of hydrazine groups is 1. The second-order valence-corrected chi connectivity index (χ2v) is 4.31. The van der Waals surface area contributed by atoms with Crippen molar-refractivity contribution in [1.29, 1.82) is 0 Å². The molecule has 3 heteroatoms. The molecule has 1 aliphatic rings. The van der Waals surface area contributed by atoms with Crippen LogP contribution in [0.5, 0.6) is 0 Å². The number of hydrogen-bond acceptors (Lipinski definition) is 3. The number of rotatable bonds is 5. The number of nitrogens with zero attached hydrogens (tertiary/aromatic N) is 2. The maximum atomic E-state index is 3.63. The largest absolute Gasteiger partial charge is 0.304 e. The minimum atomic E-state index is 0.684. The summed E-state index contributed by atoms with van der Waals surface area (Å²) < 4.78 is 0. The van der Waals surface area contributed by atoms with Crippen LogP contribution in [0.3, 0.4) is 0 Å². The zero-order chi connectivity index (χ0) is 10.4. The molecule has 0 radical (unpaired) electrons. The van der Waals surface area contributed by atoms with E-state index in [1.807, 2.05) is 0 Å². The third-order valence-electron chi connectivity index (χ3n) is 3.00. The lowest BCUT2D eigenvalue weighted by Gasteiger charge is -2.35. The summed E-state index contributed by atoms with van der Waals surface area (Å²) in [7, 11) is 2.20. The van der Waals surface area contributed by atoms with Crippen LogP contribution in [-0.2, 0) is 0 Å². The molecule has 0 bridgehead atoms. The first kappa shape index (κ1) is 12.0. The summed E-state index contributed by atoms with van der Waals surface area (Å²) >= 11 is 0. The second-order valence-electron chi connectivity index (χ2n) is 4.31. The van der Waals surface area contributed by atoms with E-state index in [2.05, 4.69) is 36.2 Å². The fourth-order valence-corrected chi connectivity index (χ4v) is 1.90. The molecule has 1 aliphatic heterocycles. The zero-order valence-electron chi connectivity index (χ0n) is 9.92. The van der Waals surface area contributed by atoms with Gasteiger partial charge in [-0.25, -0.2) is 5.01 Å². The van der Waals surface area contributed by atoms with E-state index in [9.17, 15) is 0 Å². The van der Waals surface area contributed by atoms with E-state index in [4.69, 9.17) is 0 Å². The minimum Gasteiger partial charge on any atom is -0.304 e. The fraction of sp³-hybridized carbons (Fsp3) is 1.00. The van der Waals surface area contributed by atoms with E-state index in [1.165, 1.54) is 32.4 Å². The summed E-state index contributed by atoms with van der Waals surface area (Å²) in [5, 5.41) is 2.39. The summed E-state index contributed by atoms with van der Waals surface area (Å²) in [4.78, 5) is 2.39. The van der Waals surface area contributed by atoms with Crippen molar-refractivity contribution < 1.29 is 0 Å². The van der Waals surface area contributed by atoms with Crippen molar-refractivity contribution in [3.05, 3.63) is 0 Å². The average Bonchev–Trinajstić information content (AvgIpc) is 2.20. The monoisotopic (exact) mass is 199 g/mol. The molecule has 0 aromatic heterocycles. The molecule has 84 valence electrons. The van der Waals surface area contributed by atoms with Crippen LogP contribution in [0, 0.1) is 0 Å². The third-order valence-corrected chi connectivity index (χ3v) is 3.00. The number of piperazine rings is 1. The predicted octanol–water partition coefficient (Wildman–Crippen LogP) is 1.32. The van der Waals surface area contributed by atoms with Gasteiger partial charge in [0.25, 0.3) is 0 Å². The number of likely N-dealkylation sites (N-methyl/N-ethyl adjacent to an activating group) is 1. The smallest absolute Gasteiger partial charge is 0.0259 e. The van der Waals surface area contributed by atoms with Gasteiger partial charge in [-0.05, 0) is 19.9 Å². The molecule has 0 aliphatic carbocycles. The van der Waals surface area contributed by atoms with E-state index >= 15 is 0 Å². The van der Waals surface area contributed by atoms with Crippen LogP contribution >= 0.6 is 0 Å². The molecular weight excluding hydrogens is 174 g/mol. The molecule has 1 N–H and O–H groups in total. The highest BCUT2D eigenvalue weighted by Crippen LogP contribution is 2.04. The lowest BCUT2D eigenvalue weighted by Crippen LogP contribution is -2.53. The lowest BCUT2D eigenvalue weighted by atomic mass is 10.1. The summed E-state index contributed by atoms with van der Waals surface area (Å²) in [5.74, 6) is 0. The summed E-state index contributed by atoms with van der Waals surface area (Å²) in [6.45, 7) is 9.23. The van der Waals surface area contributed by atoms with Gasteiger partial charge >= 0.3 is 0 Å². The first-order valence-corrected chi connectivity index (χ1v) is 5.96. The van der Waals surface area contributed by atoms with Crippen molar-refractivity contribution in [3.63, 3.8) is 0 Å². The Morgan fingerprint density at radius 2 is 1.79 bits per heavy atom. The fourth-order valence-electron chi connectivity index (χ4n) is 1.90. The Kier molecular flexibility index (Phi) is 5.45. The van der Waals surface area contributed by atoms with Gasteiger partial charge in [-0.3, -0.25) is 5.43 Å². The molecule has 0 aromatic carbocycles. The third kappa shape index (κ3) is 3.95. The van der Waals surface area contributed by atoms with E-state index < -0.39 is 0 Å². The minimum absolute atomic E-state index is 0.684. The van der Waals surface area contributed by atoms with Gasteiger partial charge in [0.2, 0.25) is 0 Å². The van der Waals surface area contributed by atoms with E-state index in [0.717, 1.165) is 13.1 Å². The second kappa shape index (κ2) is 6.38. The standard InChI is InChI=1S/C11H25N3/c1-4-6-11(5-2)12-14-9-7-13(3)8-10-14/h11-12H,4-10H2,1-3H3. The number of hydrogen-bond donors (Lipinski definition) is 1. The maximum Gasteiger partial charge on any atom is 0.0259 e. The highest BCUT2D eigenvalue weighted by Gasteiger charge is 2.15. The molecule has 1 atom stereocenters. The first-order valence-electron chi connectivity index (χ1n) is 5.96. The number of nitrogens with one attached hydrogen (secondary N) is 1. The predicted molar refractivity (Wildman–Crippen MR) is 61.2 cm³/mol. The Bertz CT molecular complexity index is 141. The Labute approximate surface area is 88.4 Å². The van der Waals surface area contributed by atoms with Gasteiger partial charge < -0.3 is 4.90 Å². The van der Waals surface area contributed by atoms with E-state index in [-0.39, 0.29) is 0 Å². The SMILES string of the molecule is CCCC(CC)NN1CCN(C)CC1. The van der Waals surface area contributed by atoms with Crippen LogP contribution in [0.2, 0.25) is 0 Å². The van der Waals surface area contributed by atoms with Crippen LogP contribution in [0.25, 0.3) is 0 Å². The van der Waals surface area contributed by atoms with Crippen molar-refractivity contribution in [3.8, 4) is 0 Å². The Balaban J connectivity index is 2.21. The topological polar surface area (TPSA) is 18.5 Å². The molecule has 1 fully saturated rings. The lowest BCUT2D eigenvalue weighted by molar-refractivity contribution is 0.0837. The molecule has 0 amide bonds. The Hall–Kier alpha value is -0.120. The van der Waals surface area contributed by atoms with Crippen molar-refractivity contribution in [2.24, 2.45) is 0 Å². The van der Waals surface area contributed by atoms with Gasteiger partial charge in [-0.1, -0.05) is 20.3 Å². The quantitative estimate of drug-likeness (QED) is 0.720. The van der Waals surface area contributed by atoms with E-state index in [1.54, 1.807) is 0 Å². The van der Waals surface area contributed by atoms with Crippen molar-refractivity contribution >= 4 is 0 Å². The highest BCUT2D eigenvalue weighted by molar-refractivity contribution is 4.69. The van der Waals surface area contributed by atoms with Gasteiger partial charge in [0.05, 0.1) is 0 Å². The van der Waals surface area contributed by atoms with Crippen LogP contribution in [-0.4, -0.2) is 49.2 Å². The Morgan fingerprint density at radius 3 is 2.29 bits per heavy atom. The average molecular weight is 199 g/mol. The molecule has 1 saturated heterocycles. The molecular formula is C11H25N3. The normalized spacial score (nSPS) is 22.5. The van der Waals surface area contributed by atoms with Gasteiger partial charge in [-0.2, -0.15) is 0 Å². The maximum absolute atomic E-state index is 3.63. The molecule has 1 heterocycles. The van der Waals surface area contributed by atoms with Gasteiger partial charge in [-0.15, -0.1) is 0 Å². The molecule has 14 heavy (non-hydrogen) atoms.